The van der Waals surface area contributed by atoms with Gasteiger partial charge < -0.3 is 0 Å². The number of nitrogens with zero attached hydrogens (tertiary/aromatic N) is 4. The number of hydrogen-bond donors (Lipinski definition) is 0. The largest absolute Gasteiger partial charge is 0.283 e. The molecule has 3 aromatic rings. The van der Waals surface area contributed by atoms with Gasteiger partial charge in [-0.05, 0) is 44.7 Å². The molecule has 1 aromatic heterocycles. The van der Waals surface area contributed by atoms with Crippen molar-refractivity contribution in [1.82, 2.24) is 19.2 Å². The van der Waals surface area contributed by atoms with Gasteiger partial charge in [0.2, 0.25) is 4.77 Å². The number of hydrogen-bond acceptors (Lipinski definition) is 5. The summed E-state index contributed by atoms with van der Waals surface area (Å²) in [6.07, 6.45) is 0.649. The molecule has 6 nitrogen and oxygen atoms in total. The second kappa shape index (κ2) is 7.85. The summed E-state index contributed by atoms with van der Waals surface area (Å²) in [5.74, 6) is 1.22. The van der Waals surface area contributed by atoms with Gasteiger partial charge in [0.25, 0.3) is 0 Å². The third kappa shape index (κ3) is 4.19. The molecule has 0 amide bonds. The van der Waals surface area contributed by atoms with Gasteiger partial charge in [0.15, 0.2) is 15.7 Å². The maximum atomic E-state index is 11.8. The Hall–Kier alpha value is -2.29. The fraction of sp³-hybridized carbons (Fsp3) is 0.333. The zero-order valence-electron chi connectivity index (χ0n) is 16.5. The van der Waals surface area contributed by atoms with Gasteiger partial charge in [0.1, 0.15) is 0 Å². The van der Waals surface area contributed by atoms with Gasteiger partial charge >= 0.3 is 0 Å². The molecule has 2 aromatic carbocycles. The summed E-state index contributed by atoms with van der Waals surface area (Å²) in [6, 6.07) is 18.1. The Morgan fingerprint density at radius 3 is 2.45 bits per heavy atom. The predicted octanol–water partition coefficient (Wildman–Crippen LogP) is 3.46. The summed E-state index contributed by atoms with van der Waals surface area (Å²) in [5.41, 5.74) is 3.11. The highest BCUT2D eigenvalue weighted by molar-refractivity contribution is 7.91. The minimum Gasteiger partial charge on any atom is -0.283 e. The van der Waals surface area contributed by atoms with Crippen molar-refractivity contribution >= 4 is 22.1 Å². The highest BCUT2D eigenvalue weighted by atomic mass is 32.2. The van der Waals surface area contributed by atoms with E-state index in [4.69, 9.17) is 17.3 Å². The van der Waals surface area contributed by atoms with Crippen molar-refractivity contribution in [2.24, 2.45) is 0 Å². The van der Waals surface area contributed by atoms with E-state index in [2.05, 4.69) is 19.1 Å². The molecule has 1 aliphatic heterocycles. The zero-order valence-corrected chi connectivity index (χ0v) is 18.2. The van der Waals surface area contributed by atoms with Crippen molar-refractivity contribution in [2.75, 3.05) is 18.6 Å². The maximum Gasteiger partial charge on any atom is 0.204 e. The number of sulfone groups is 1. The van der Waals surface area contributed by atoms with E-state index in [1.807, 2.05) is 59.0 Å². The summed E-state index contributed by atoms with van der Waals surface area (Å²) in [5, 5.41) is 4.81. The molecule has 2 heterocycles. The van der Waals surface area contributed by atoms with Crippen LogP contribution < -0.4 is 0 Å². The molecule has 1 fully saturated rings. The van der Waals surface area contributed by atoms with Crippen molar-refractivity contribution in [2.45, 2.75) is 26.1 Å². The summed E-state index contributed by atoms with van der Waals surface area (Å²) < 4.78 is 28.0. The average molecular weight is 429 g/mol. The number of benzene rings is 2. The molecule has 0 radical (unpaired) electrons. The third-order valence-electron chi connectivity index (χ3n) is 5.35. The number of rotatable bonds is 5. The molecule has 1 atom stereocenters. The van der Waals surface area contributed by atoms with Crippen LogP contribution in [0.4, 0.5) is 0 Å². The van der Waals surface area contributed by atoms with Crippen molar-refractivity contribution in [1.29, 1.82) is 0 Å². The SMILES string of the molecule is Cc1ccc(-n2c(-c3ccccc3)nn(CN(C)[C@@H]3CCS(=O)(=O)C3)c2=S)cc1. The Morgan fingerprint density at radius 2 is 1.83 bits per heavy atom. The van der Waals surface area contributed by atoms with Gasteiger partial charge in [-0.2, -0.15) is 0 Å². The lowest BCUT2D eigenvalue weighted by atomic mass is 10.2. The van der Waals surface area contributed by atoms with E-state index in [9.17, 15) is 8.42 Å². The molecule has 1 saturated heterocycles. The van der Waals surface area contributed by atoms with E-state index in [-0.39, 0.29) is 17.5 Å². The van der Waals surface area contributed by atoms with Crippen LogP contribution in [-0.4, -0.2) is 52.3 Å². The fourth-order valence-corrected chi connectivity index (χ4v) is 5.75. The highest BCUT2D eigenvalue weighted by Crippen LogP contribution is 2.24. The third-order valence-corrected chi connectivity index (χ3v) is 7.50. The normalized spacial score (nSPS) is 18.4. The molecular weight excluding hydrogens is 404 g/mol. The van der Waals surface area contributed by atoms with Crippen LogP contribution >= 0.6 is 12.2 Å². The topological polar surface area (TPSA) is 60.1 Å². The lowest BCUT2D eigenvalue weighted by molar-refractivity contribution is 0.196. The Bertz CT molecular complexity index is 1170. The predicted molar refractivity (Wildman–Crippen MR) is 117 cm³/mol. The van der Waals surface area contributed by atoms with Gasteiger partial charge in [-0.15, -0.1) is 5.10 Å². The summed E-state index contributed by atoms with van der Waals surface area (Å²) in [6.45, 7) is 2.49. The minimum atomic E-state index is -2.94. The van der Waals surface area contributed by atoms with Crippen molar-refractivity contribution < 1.29 is 8.42 Å². The molecule has 0 N–H and O–H groups in total. The molecule has 0 saturated carbocycles. The van der Waals surface area contributed by atoms with Gasteiger partial charge in [0.05, 0.1) is 18.2 Å². The molecule has 0 bridgehead atoms. The summed E-state index contributed by atoms with van der Waals surface area (Å²) in [7, 11) is -1.01. The highest BCUT2D eigenvalue weighted by Gasteiger charge is 2.31. The van der Waals surface area contributed by atoms with Gasteiger partial charge in [0, 0.05) is 17.3 Å². The second-order valence-electron chi connectivity index (χ2n) is 7.60. The van der Waals surface area contributed by atoms with E-state index < -0.39 is 9.84 Å². The first kappa shape index (κ1) is 20.0. The van der Waals surface area contributed by atoms with Crippen LogP contribution in [-0.2, 0) is 16.5 Å². The quantitative estimate of drug-likeness (QED) is 0.583. The van der Waals surface area contributed by atoms with Crippen LogP contribution in [0.25, 0.3) is 17.1 Å². The van der Waals surface area contributed by atoms with Crippen molar-refractivity contribution in [3.8, 4) is 17.1 Å². The average Bonchev–Trinajstić information content (AvgIpc) is 3.23. The van der Waals surface area contributed by atoms with E-state index in [0.717, 1.165) is 17.1 Å². The van der Waals surface area contributed by atoms with Crippen LogP contribution in [0.1, 0.15) is 12.0 Å². The Labute approximate surface area is 176 Å². The first-order valence-corrected chi connectivity index (χ1v) is 11.8. The lowest BCUT2D eigenvalue weighted by Gasteiger charge is -2.22. The first-order valence-electron chi connectivity index (χ1n) is 9.57. The van der Waals surface area contributed by atoms with Gasteiger partial charge in [-0.25, -0.2) is 13.1 Å². The zero-order chi connectivity index (χ0) is 20.6. The Kier molecular flexibility index (Phi) is 5.42. The lowest BCUT2D eigenvalue weighted by Crippen LogP contribution is -2.34. The number of aryl methyl sites for hydroxylation is 1. The molecule has 0 unspecified atom stereocenters. The molecule has 29 heavy (non-hydrogen) atoms. The molecule has 152 valence electrons. The fourth-order valence-electron chi connectivity index (χ4n) is 3.65. The number of aromatic nitrogens is 3. The van der Waals surface area contributed by atoms with Gasteiger partial charge in [-0.3, -0.25) is 9.47 Å². The van der Waals surface area contributed by atoms with Crippen molar-refractivity contribution in [3.63, 3.8) is 0 Å². The molecular formula is C21H24N4O2S2. The van der Waals surface area contributed by atoms with E-state index in [1.54, 1.807) is 4.68 Å². The summed E-state index contributed by atoms with van der Waals surface area (Å²) in [4.78, 5) is 2.03. The molecule has 4 rings (SSSR count). The standard InChI is InChI=1S/C21H24N4O2S2/c1-16-8-10-18(11-9-16)25-20(17-6-4-3-5-7-17)22-24(21(25)28)15-23(2)19-12-13-29(26,27)14-19/h3-11,19H,12-15H2,1-2H3/t19-/m1/s1. The Balaban J connectivity index is 1.74. The summed E-state index contributed by atoms with van der Waals surface area (Å²) >= 11 is 5.78. The monoisotopic (exact) mass is 428 g/mol. The van der Waals surface area contributed by atoms with Crippen LogP contribution in [0.2, 0.25) is 0 Å². The van der Waals surface area contributed by atoms with Crippen molar-refractivity contribution in [3.05, 3.63) is 64.9 Å². The van der Waals surface area contributed by atoms with E-state index in [0.29, 0.717) is 17.9 Å². The maximum absolute atomic E-state index is 11.8. The van der Waals surface area contributed by atoms with Gasteiger partial charge in [-0.1, -0.05) is 48.0 Å². The van der Waals surface area contributed by atoms with E-state index >= 15 is 0 Å². The molecule has 0 aliphatic carbocycles. The van der Waals surface area contributed by atoms with Crippen LogP contribution in [0.15, 0.2) is 54.6 Å². The smallest absolute Gasteiger partial charge is 0.204 e. The first-order chi connectivity index (χ1) is 13.8. The minimum absolute atomic E-state index is 0.00778. The molecule has 8 heteroatoms. The molecule has 1 aliphatic rings. The van der Waals surface area contributed by atoms with E-state index in [1.165, 1.54) is 5.56 Å². The van der Waals surface area contributed by atoms with Crippen LogP contribution in [0, 0.1) is 11.7 Å². The Morgan fingerprint density at radius 1 is 1.14 bits per heavy atom. The second-order valence-corrected chi connectivity index (χ2v) is 10.2. The van der Waals surface area contributed by atoms with Crippen LogP contribution in [0.3, 0.4) is 0 Å². The van der Waals surface area contributed by atoms with Crippen LogP contribution in [0.5, 0.6) is 0 Å². The molecule has 0 spiro atoms.